The van der Waals surface area contributed by atoms with Gasteiger partial charge in [-0.2, -0.15) is 0 Å². The van der Waals surface area contributed by atoms with Gasteiger partial charge >= 0.3 is 0 Å². The van der Waals surface area contributed by atoms with Gasteiger partial charge in [0.2, 0.25) is 5.91 Å². The van der Waals surface area contributed by atoms with E-state index in [0.29, 0.717) is 11.7 Å². The van der Waals surface area contributed by atoms with Crippen molar-refractivity contribution in [1.29, 1.82) is 0 Å². The second-order valence-corrected chi connectivity index (χ2v) is 5.05. The van der Waals surface area contributed by atoms with Crippen LogP contribution in [0.5, 0.6) is 0 Å². The number of carbonyl (C=O) groups excluding carboxylic acids is 1. The maximum atomic E-state index is 11.8. The fourth-order valence-electron chi connectivity index (χ4n) is 1.86. The number of rotatable bonds is 4. The Bertz CT molecular complexity index is 623. The van der Waals surface area contributed by atoms with E-state index in [-0.39, 0.29) is 5.91 Å². The molecule has 1 N–H and O–H groups in total. The van der Waals surface area contributed by atoms with Crippen molar-refractivity contribution >= 4 is 17.7 Å². The standard InChI is InChI=1S/C17H19NO2/c1-12(2)14-5-4-6-15(11-14)18-17(19)10-9-16-8-7-13(3)20-16/h4-12H,1-3H3,(H,18,19)/b10-9+. The third-order valence-electron chi connectivity index (χ3n) is 2.98. The normalized spacial score (nSPS) is 11.2. The van der Waals surface area contributed by atoms with Gasteiger partial charge in [-0.25, -0.2) is 0 Å². The Morgan fingerprint density at radius 3 is 2.70 bits per heavy atom. The zero-order chi connectivity index (χ0) is 14.5. The lowest BCUT2D eigenvalue weighted by Gasteiger charge is -2.08. The molecule has 3 nitrogen and oxygen atoms in total. The first-order valence-electron chi connectivity index (χ1n) is 6.70. The SMILES string of the molecule is Cc1ccc(/C=C/C(=O)Nc2cccc(C(C)C)c2)o1. The number of furan rings is 1. The molecule has 0 saturated carbocycles. The molecule has 0 aliphatic heterocycles. The van der Waals surface area contributed by atoms with Crippen molar-refractivity contribution in [3.05, 3.63) is 59.6 Å². The molecular formula is C17H19NO2. The van der Waals surface area contributed by atoms with Crippen LogP contribution in [0, 0.1) is 6.92 Å². The van der Waals surface area contributed by atoms with Gasteiger partial charge in [0.15, 0.2) is 0 Å². The number of hydrogen-bond acceptors (Lipinski definition) is 2. The smallest absolute Gasteiger partial charge is 0.248 e. The third-order valence-corrected chi connectivity index (χ3v) is 2.98. The summed E-state index contributed by atoms with van der Waals surface area (Å²) in [5.41, 5.74) is 2.01. The van der Waals surface area contributed by atoms with E-state index in [1.54, 1.807) is 6.08 Å². The second-order valence-electron chi connectivity index (χ2n) is 5.05. The largest absolute Gasteiger partial charge is 0.462 e. The summed E-state index contributed by atoms with van der Waals surface area (Å²) in [5, 5.41) is 2.85. The molecule has 2 rings (SSSR count). The van der Waals surface area contributed by atoms with Crippen LogP contribution < -0.4 is 5.32 Å². The Morgan fingerprint density at radius 2 is 2.05 bits per heavy atom. The molecule has 0 saturated heterocycles. The summed E-state index contributed by atoms with van der Waals surface area (Å²) in [6.45, 7) is 6.12. The number of aryl methyl sites for hydroxylation is 1. The van der Waals surface area contributed by atoms with Gasteiger partial charge in [0.25, 0.3) is 0 Å². The van der Waals surface area contributed by atoms with Crippen LogP contribution in [0.2, 0.25) is 0 Å². The minimum absolute atomic E-state index is 0.167. The Labute approximate surface area is 119 Å². The molecule has 1 amide bonds. The fourth-order valence-corrected chi connectivity index (χ4v) is 1.86. The van der Waals surface area contributed by atoms with Crippen molar-refractivity contribution < 1.29 is 9.21 Å². The van der Waals surface area contributed by atoms with Crippen LogP contribution in [0.15, 0.2) is 46.9 Å². The van der Waals surface area contributed by atoms with Crippen LogP contribution in [0.25, 0.3) is 6.08 Å². The highest BCUT2D eigenvalue weighted by molar-refractivity contribution is 6.01. The maximum Gasteiger partial charge on any atom is 0.248 e. The lowest BCUT2D eigenvalue weighted by molar-refractivity contribution is -0.111. The lowest BCUT2D eigenvalue weighted by Crippen LogP contribution is -2.08. The number of carbonyl (C=O) groups is 1. The molecule has 0 bridgehead atoms. The van der Waals surface area contributed by atoms with Crippen molar-refractivity contribution in [3.63, 3.8) is 0 Å². The molecule has 0 aliphatic carbocycles. The zero-order valence-electron chi connectivity index (χ0n) is 12.0. The third kappa shape index (κ3) is 3.85. The molecule has 0 atom stereocenters. The first kappa shape index (κ1) is 14.1. The van der Waals surface area contributed by atoms with Crippen LogP contribution in [0.4, 0.5) is 5.69 Å². The van der Waals surface area contributed by atoms with Crippen LogP contribution >= 0.6 is 0 Å². The Hall–Kier alpha value is -2.29. The molecule has 3 heteroatoms. The molecule has 20 heavy (non-hydrogen) atoms. The average molecular weight is 269 g/mol. The van der Waals surface area contributed by atoms with E-state index in [0.717, 1.165) is 11.4 Å². The van der Waals surface area contributed by atoms with Crippen molar-refractivity contribution in [2.45, 2.75) is 26.7 Å². The average Bonchev–Trinajstić information content (AvgIpc) is 2.82. The summed E-state index contributed by atoms with van der Waals surface area (Å²) in [4.78, 5) is 11.8. The summed E-state index contributed by atoms with van der Waals surface area (Å²) in [5.74, 6) is 1.77. The summed E-state index contributed by atoms with van der Waals surface area (Å²) < 4.78 is 5.37. The molecule has 2 aromatic rings. The van der Waals surface area contributed by atoms with Gasteiger partial charge in [0.05, 0.1) is 0 Å². The summed E-state index contributed by atoms with van der Waals surface area (Å²) in [6, 6.07) is 11.6. The molecule has 0 spiro atoms. The van der Waals surface area contributed by atoms with Gasteiger partial charge in [-0.3, -0.25) is 4.79 Å². The first-order valence-corrected chi connectivity index (χ1v) is 6.70. The van der Waals surface area contributed by atoms with Crippen LogP contribution in [-0.4, -0.2) is 5.91 Å². The molecule has 0 aliphatic rings. The lowest BCUT2D eigenvalue weighted by atomic mass is 10.0. The number of anilines is 1. The maximum absolute atomic E-state index is 11.8. The van der Waals surface area contributed by atoms with E-state index in [4.69, 9.17) is 4.42 Å². The predicted molar refractivity (Wildman–Crippen MR) is 81.6 cm³/mol. The van der Waals surface area contributed by atoms with Crippen molar-refractivity contribution in [1.82, 2.24) is 0 Å². The Balaban J connectivity index is 2.01. The minimum atomic E-state index is -0.167. The van der Waals surface area contributed by atoms with E-state index in [1.807, 2.05) is 37.3 Å². The highest BCUT2D eigenvalue weighted by Crippen LogP contribution is 2.18. The van der Waals surface area contributed by atoms with Gasteiger partial charge in [0, 0.05) is 11.8 Å². The summed E-state index contributed by atoms with van der Waals surface area (Å²) in [6.07, 6.45) is 3.13. The van der Waals surface area contributed by atoms with E-state index in [9.17, 15) is 4.79 Å². The van der Waals surface area contributed by atoms with Gasteiger partial charge in [0.1, 0.15) is 11.5 Å². The molecule has 1 aromatic carbocycles. The van der Waals surface area contributed by atoms with E-state index in [2.05, 4.69) is 25.2 Å². The molecular weight excluding hydrogens is 250 g/mol. The second kappa shape index (κ2) is 6.24. The number of nitrogens with one attached hydrogen (secondary N) is 1. The monoisotopic (exact) mass is 269 g/mol. The van der Waals surface area contributed by atoms with E-state index < -0.39 is 0 Å². The molecule has 0 unspecified atom stereocenters. The highest BCUT2D eigenvalue weighted by Gasteiger charge is 2.02. The Kier molecular flexibility index (Phi) is 4.41. The molecule has 1 aromatic heterocycles. The van der Waals surface area contributed by atoms with E-state index >= 15 is 0 Å². The molecule has 0 radical (unpaired) electrons. The summed E-state index contributed by atoms with van der Waals surface area (Å²) >= 11 is 0. The summed E-state index contributed by atoms with van der Waals surface area (Å²) in [7, 11) is 0. The van der Waals surface area contributed by atoms with Crippen molar-refractivity contribution in [2.75, 3.05) is 5.32 Å². The first-order chi connectivity index (χ1) is 9.54. The molecule has 104 valence electrons. The van der Waals surface area contributed by atoms with E-state index in [1.165, 1.54) is 11.6 Å². The van der Waals surface area contributed by atoms with Crippen LogP contribution in [0.3, 0.4) is 0 Å². The molecule has 1 heterocycles. The number of benzene rings is 1. The van der Waals surface area contributed by atoms with Gasteiger partial charge < -0.3 is 9.73 Å². The highest BCUT2D eigenvalue weighted by atomic mass is 16.3. The van der Waals surface area contributed by atoms with Crippen LogP contribution in [0.1, 0.15) is 36.8 Å². The van der Waals surface area contributed by atoms with Crippen molar-refractivity contribution in [3.8, 4) is 0 Å². The van der Waals surface area contributed by atoms with Crippen molar-refractivity contribution in [2.24, 2.45) is 0 Å². The van der Waals surface area contributed by atoms with Gasteiger partial charge in [-0.15, -0.1) is 0 Å². The zero-order valence-corrected chi connectivity index (χ0v) is 12.0. The minimum Gasteiger partial charge on any atom is -0.462 e. The Morgan fingerprint density at radius 1 is 1.25 bits per heavy atom. The van der Waals surface area contributed by atoms with Crippen LogP contribution in [-0.2, 0) is 4.79 Å². The topological polar surface area (TPSA) is 42.2 Å². The van der Waals surface area contributed by atoms with Gasteiger partial charge in [-0.1, -0.05) is 26.0 Å². The number of hydrogen-bond donors (Lipinski definition) is 1. The predicted octanol–water partition coefficient (Wildman–Crippen LogP) is 4.36. The number of amides is 1. The van der Waals surface area contributed by atoms with Gasteiger partial charge in [-0.05, 0) is 48.7 Å². The fraction of sp³-hybridized carbons (Fsp3) is 0.235. The quantitative estimate of drug-likeness (QED) is 0.838. The molecule has 0 fully saturated rings.